The minimum Gasteiger partial charge on any atom is -0.492 e. The van der Waals surface area contributed by atoms with Crippen LogP contribution in [0.25, 0.3) is 0 Å². The molecule has 1 aromatic rings. The van der Waals surface area contributed by atoms with Crippen LogP contribution in [0.2, 0.25) is 0 Å². The summed E-state index contributed by atoms with van der Waals surface area (Å²) in [5, 5.41) is 0. The SMILES string of the molecule is C#Cc1cccc(CCCC)c1OCC. The second-order valence-electron chi connectivity index (χ2n) is 3.47. The Morgan fingerprint density at radius 1 is 1.33 bits per heavy atom. The molecule has 0 saturated carbocycles. The van der Waals surface area contributed by atoms with Gasteiger partial charge in [0.25, 0.3) is 0 Å². The lowest BCUT2D eigenvalue weighted by Crippen LogP contribution is -1.99. The first-order chi connectivity index (χ1) is 7.33. The highest BCUT2D eigenvalue weighted by Crippen LogP contribution is 2.25. The van der Waals surface area contributed by atoms with E-state index in [1.165, 1.54) is 18.4 Å². The Hall–Kier alpha value is -1.42. The summed E-state index contributed by atoms with van der Waals surface area (Å²) in [6.07, 6.45) is 8.85. The quantitative estimate of drug-likeness (QED) is 0.665. The van der Waals surface area contributed by atoms with Crippen LogP contribution in [-0.4, -0.2) is 6.61 Å². The number of terminal acetylenes is 1. The van der Waals surface area contributed by atoms with Crippen molar-refractivity contribution in [3.05, 3.63) is 29.3 Å². The summed E-state index contributed by atoms with van der Waals surface area (Å²) in [7, 11) is 0. The Bertz CT molecular complexity index is 347. The molecule has 0 spiro atoms. The molecule has 1 heteroatoms. The van der Waals surface area contributed by atoms with Crippen molar-refractivity contribution in [3.63, 3.8) is 0 Å². The van der Waals surface area contributed by atoms with E-state index in [2.05, 4.69) is 18.9 Å². The lowest BCUT2D eigenvalue weighted by Gasteiger charge is -2.11. The van der Waals surface area contributed by atoms with Crippen LogP contribution in [-0.2, 0) is 6.42 Å². The van der Waals surface area contributed by atoms with Gasteiger partial charge in [0.1, 0.15) is 5.75 Å². The molecule has 0 aliphatic carbocycles. The Kier molecular flexibility index (Phi) is 4.77. The first kappa shape index (κ1) is 11.7. The largest absolute Gasteiger partial charge is 0.492 e. The average molecular weight is 202 g/mol. The van der Waals surface area contributed by atoms with Crippen LogP contribution >= 0.6 is 0 Å². The van der Waals surface area contributed by atoms with Gasteiger partial charge in [0.15, 0.2) is 0 Å². The summed E-state index contributed by atoms with van der Waals surface area (Å²) < 4.78 is 5.61. The number of hydrogen-bond acceptors (Lipinski definition) is 1. The number of hydrogen-bond donors (Lipinski definition) is 0. The summed E-state index contributed by atoms with van der Waals surface area (Å²) >= 11 is 0. The van der Waals surface area contributed by atoms with E-state index in [1.54, 1.807) is 0 Å². The average Bonchev–Trinajstić information content (AvgIpc) is 2.28. The third kappa shape index (κ3) is 3.02. The van der Waals surface area contributed by atoms with Gasteiger partial charge in [-0.15, -0.1) is 6.42 Å². The van der Waals surface area contributed by atoms with Gasteiger partial charge in [0.2, 0.25) is 0 Å². The second-order valence-corrected chi connectivity index (χ2v) is 3.47. The van der Waals surface area contributed by atoms with Gasteiger partial charge in [0, 0.05) is 0 Å². The maximum absolute atomic E-state index is 5.61. The molecule has 0 bridgehead atoms. The molecule has 0 N–H and O–H groups in total. The predicted molar refractivity (Wildman–Crippen MR) is 64.2 cm³/mol. The normalized spacial score (nSPS) is 9.67. The summed E-state index contributed by atoms with van der Waals surface area (Å²) in [6.45, 7) is 4.83. The van der Waals surface area contributed by atoms with Gasteiger partial charge in [-0.3, -0.25) is 0 Å². The van der Waals surface area contributed by atoms with Gasteiger partial charge in [-0.2, -0.15) is 0 Å². The van der Waals surface area contributed by atoms with Crippen molar-refractivity contribution in [1.82, 2.24) is 0 Å². The third-order valence-corrected chi connectivity index (χ3v) is 2.34. The number of unbranched alkanes of at least 4 members (excludes halogenated alkanes) is 1. The van der Waals surface area contributed by atoms with Gasteiger partial charge < -0.3 is 4.74 Å². The van der Waals surface area contributed by atoms with Crippen LogP contribution < -0.4 is 4.74 Å². The molecular formula is C14H18O. The van der Waals surface area contributed by atoms with Crippen LogP contribution in [0, 0.1) is 12.3 Å². The van der Waals surface area contributed by atoms with Crippen LogP contribution in [0.3, 0.4) is 0 Å². The van der Waals surface area contributed by atoms with E-state index in [-0.39, 0.29) is 0 Å². The maximum atomic E-state index is 5.61. The van der Waals surface area contributed by atoms with Crippen molar-refractivity contribution >= 4 is 0 Å². The highest BCUT2D eigenvalue weighted by atomic mass is 16.5. The molecule has 0 atom stereocenters. The fraction of sp³-hybridized carbons (Fsp3) is 0.429. The van der Waals surface area contributed by atoms with E-state index in [4.69, 9.17) is 11.2 Å². The van der Waals surface area contributed by atoms with E-state index in [0.717, 1.165) is 17.7 Å². The van der Waals surface area contributed by atoms with Gasteiger partial charge in [-0.25, -0.2) is 0 Å². The monoisotopic (exact) mass is 202 g/mol. The number of benzene rings is 1. The summed E-state index contributed by atoms with van der Waals surface area (Å²) in [6, 6.07) is 6.03. The van der Waals surface area contributed by atoms with E-state index in [1.807, 2.05) is 19.1 Å². The van der Waals surface area contributed by atoms with Crippen molar-refractivity contribution in [2.24, 2.45) is 0 Å². The Balaban J connectivity index is 2.97. The summed E-state index contributed by atoms with van der Waals surface area (Å²) in [5.41, 5.74) is 2.10. The van der Waals surface area contributed by atoms with Crippen molar-refractivity contribution in [3.8, 4) is 18.1 Å². The Morgan fingerprint density at radius 2 is 2.13 bits per heavy atom. The smallest absolute Gasteiger partial charge is 0.138 e. The van der Waals surface area contributed by atoms with Crippen LogP contribution in [0.15, 0.2) is 18.2 Å². The molecule has 0 aliphatic rings. The molecule has 1 aromatic carbocycles. The Labute approximate surface area is 92.5 Å². The van der Waals surface area contributed by atoms with Crippen molar-refractivity contribution in [1.29, 1.82) is 0 Å². The molecule has 0 unspecified atom stereocenters. The highest BCUT2D eigenvalue weighted by Gasteiger charge is 2.06. The van der Waals surface area contributed by atoms with Crippen LogP contribution in [0.5, 0.6) is 5.75 Å². The van der Waals surface area contributed by atoms with Crippen molar-refractivity contribution < 1.29 is 4.74 Å². The Morgan fingerprint density at radius 3 is 2.73 bits per heavy atom. The van der Waals surface area contributed by atoms with Crippen molar-refractivity contribution in [2.45, 2.75) is 33.1 Å². The van der Waals surface area contributed by atoms with Crippen molar-refractivity contribution in [2.75, 3.05) is 6.61 Å². The van der Waals surface area contributed by atoms with Gasteiger partial charge in [-0.1, -0.05) is 31.4 Å². The van der Waals surface area contributed by atoms with E-state index in [0.29, 0.717) is 6.61 Å². The zero-order chi connectivity index (χ0) is 11.1. The lowest BCUT2D eigenvalue weighted by molar-refractivity contribution is 0.335. The molecule has 0 heterocycles. The standard InChI is InChI=1S/C14H18O/c1-4-7-9-13-11-8-10-12(5-2)14(13)15-6-3/h2,8,10-11H,4,6-7,9H2,1,3H3. The third-order valence-electron chi connectivity index (χ3n) is 2.34. The summed E-state index contributed by atoms with van der Waals surface area (Å²) in [5.74, 6) is 3.57. The molecule has 0 aromatic heterocycles. The second kappa shape index (κ2) is 6.14. The zero-order valence-electron chi connectivity index (χ0n) is 9.55. The molecule has 0 fully saturated rings. The number of ether oxygens (including phenoxy) is 1. The number of aryl methyl sites for hydroxylation is 1. The van der Waals surface area contributed by atoms with Crippen LogP contribution in [0.1, 0.15) is 37.8 Å². The fourth-order valence-electron chi connectivity index (χ4n) is 1.58. The predicted octanol–water partition coefficient (Wildman–Crippen LogP) is 3.41. The van der Waals surface area contributed by atoms with Gasteiger partial charge in [-0.05, 0) is 31.4 Å². The molecule has 1 rings (SSSR count). The first-order valence-electron chi connectivity index (χ1n) is 5.54. The first-order valence-corrected chi connectivity index (χ1v) is 5.54. The molecule has 0 radical (unpaired) electrons. The minimum atomic E-state index is 0.665. The van der Waals surface area contributed by atoms with Gasteiger partial charge >= 0.3 is 0 Å². The zero-order valence-corrected chi connectivity index (χ0v) is 9.55. The van der Waals surface area contributed by atoms with E-state index < -0.39 is 0 Å². The molecule has 0 aliphatic heterocycles. The summed E-state index contributed by atoms with van der Waals surface area (Å²) in [4.78, 5) is 0. The molecule has 80 valence electrons. The molecule has 0 amide bonds. The molecular weight excluding hydrogens is 184 g/mol. The van der Waals surface area contributed by atoms with Crippen LogP contribution in [0.4, 0.5) is 0 Å². The molecule has 15 heavy (non-hydrogen) atoms. The fourth-order valence-corrected chi connectivity index (χ4v) is 1.58. The topological polar surface area (TPSA) is 9.23 Å². The molecule has 1 nitrogen and oxygen atoms in total. The molecule has 0 saturated heterocycles. The minimum absolute atomic E-state index is 0.665. The number of para-hydroxylation sites is 1. The lowest BCUT2D eigenvalue weighted by atomic mass is 10.0. The van der Waals surface area contributed by atoms with Gasteiger partial charge in [0.05, 0.1) is 12.2 Å². The maximum Gasteiger partial charge on any atom is 0.138 e. The highest BCUT2D eigenvalue weighted by molar-refractivity contribution is 5.50. The number of rotatable bonds is 5. The van der Waals surface area contributed by atoms with E-state index >= 15 is 0 Å². The van der Waals surface area contributed by atoms with E-state index in [9.17, 15) is 0 Å².